The Hall–Kier alpha value is -3.10. The van der Waals surface area contributed by atoms with Gasteiger partial charge in [0.1, 0.15) is 11.9 Å². The van der Waals surface area contributed by atoms with Gasteiger partial charge in [-0.3, -0.25) is 14.0 Å². The molecule has 2 rings (SSSR count). The van der Waals surface area contributed by atoms with Crippen molar-refractivity contribution < 1.29 is 24.2 Å². The first-order valence-electron chi connectivity index (χ1n) is 9.41. The van der Waals surface area contributed by atoms with Crippen LogP contribution in [0.2, 0.25) is 0 Å². The van der Waals surface area contributed by atoms with E-state index in [9.17, 15) is 29.0 Å². The number of imidazole rings is 1. The van der Waals surface area contributed by atoms with Gasteiger partial charge in [0.2, 0.25) is 0 Å². The first-order valence-corrected chi connectivity index (χ1v) is 9.41. The maximum atomic E-state index is 13.3. The normalized spacial score (nSPS) is 12.1. The van der Waals surface area contributed by atoms with Crippen LogP contribution in [0.25, 0.3) is 0 Å². The Kier molecular flexibility index (Phi) is 7.58. The third kappa shape index (κ3) is 6.20. The molecule has 2 aromatic rings. The SMILES string of the molecule is CC(C)CC(C(=O)O)N(CCn1ccn(CCc2cccc(F)c2)c1=O)C(=O)O. The van der Waals surface area contributed by atoms with E-state index in [4.69, 9.17) is 0 Å². The van der Waals surface area contributed by atoms with Crippen LogP contribution >= 0.6 is 0 Å². The zero-order chi connectivity index (χ0) is 21.6. The number of carbonyl (C=O) groups is 2. The maximum Gasteiger partial charge on any atom is 0.408 e. The summed E-state index contributed by atoms with van der Waals surface area (Å²) in [6, 6.07) is 4.97. The molecular weight excluding hydrogens is 381 g/mol. The number of benzene rings is 1. The number of hydrogen-bond acceptors (Lipinski definition) is 3. The van der Waals surface area contributed by atoms with E-state index >= 15 is 0 Å². The predicted molar refractivity (Wildman–Crippen MR) is 104 cm³/mol. The molecule has 8 nitrogen and oxygen atoms in total. The third-order valence-electron chi connectivity index (χ3n) is 4.63. The number of carboxylic acid groups (broad SMARTS) is 2. The molecule has 9 heteroatoms. The molecule has 0 spiro atoms. The lowest BCUT2D eigenvalue weighted by molar-refractivity contribution is -0.143. The molecule has 1 aromatic carbocycles. The van der Waals surface area contributed by atoms with E-state index < -0.39 is 18.1 Å². The number of rotatable bonds is 10. The summed E-state index contributed by atoms with van der Waals surface area (Å²) in [5.41, 5.74) is 0.433. The van der Waals surface area contributed by atoms with Gasteiger partial charge in [0.25, 0.3) is 0 Å². The summed E-state index contributed by atoms with van der Waals surface area (Å²) in [6.45, 7) is 3.91. The fourth-order valence-corrected chi connectivity index (χ4v) is 3.14. The van der Waals surface area contributed by atoms with Gasteiger partial charge in [-0.15, -0.1) is 0 Å². The van der Waals surface area contributed by atoms with Crippen LogP contribution in [0.4, 0.5) is 9.18 Å². The molecule has 0 aliphatic rings. The highest BCUT2D eigenvalue weighted by molar-refractivity contribution is 5.79. The monoisotopic (exact) mass is 407 g/mol. The van der Waals surface area contributed by atoms with Gasteiger partial charge in [0, 0.05) is 32.0 Å². The van der Waals surface area contributed by atoms with Crippen LogP contribution in [0, 0.1) is 11.7 Å². The maximum absolute atomic E-state index is 13.3. The van der Waals surface area contributed by atoms with E-state index in [-0.39, 0.29) is 36.9 Å². The first kappa shape index (κ1) is 22.2. The number of aryl methyl sites for hydroxylation is 2. The smallest absolute Gasteiger partial charge is 0.408 e. The van der Waals surface area contributed by atoms with Gasteiger partial charge in [-0.25, -0.2) is 18.8 Å². The predicted octanol–water partition coefficient (Wildman–Crippen LogP) is 2.51. The molecular formula is C20H26FN3O5. The van der Waals surface area contributed by atoms with Gasteiger partial charge in [0.05, 0.1) is 0 Å². The van der Waals surface area contributed by atoms with E-state index in [1.807, 2.05) is 13.8 Å². The highest BCUT2D eigenvalue weighted by Gasteiger charge is 2.30. The lowest BCUT2D eigenvalue weighted by Gasteiger charge is -2.27. The number of aromatic nitrogens is 2. The molecule has 1 unspecified atom stereocenters. The van der Waals surface area contributed by atoms with Crippen molar-refractivity contribution in [3.8, 4) is 0 Å². The van der Waals surface area contributed by atoms with Crippen molar-refractivity contribution in [2.75, 3.05) is 6.54 Å². The Balaban J connectivity index is 2.04. The van der Waals surface area contributed by atoms with Gasteiger partial charge in [0.15, 0.2) is 0 Å². The second-order valence-corrected chi connectivity index (χ2v) is 7.31. The topological polar surface area (TPSA) is 105 Å². The summed E-state index contributed by atoms with van der Waals surface area (Å²) in [5.74, 6) is -1.54. The van der Waals surface area contributed by atoms with Gasteiger partial charge in [-0.05, 0) is 36.5 Å². The molecule has 0 fully saturated rings. The summed E-state index contributed by atoms with van der Waals surface area (Å²) in [5, 5.41) is 18.8. The summed E-state index contributed by atoms with van der Waals surface area (Å²) in [4.78, 5) is 36.4. The van der Waals surface area contributed by atoms with Crippen LogP contribution in [-0.2, 0) is 24.3 Å². The average Bonchev–Trinajstić information content (AvgIpc) is 2.98. The number of carboxylic acids is 1. The van der Waals surface area contributed by atoms with Crippen LogP contribution in [0.3, 0.4) is 0 Å². The molecule has 1 atom stereocenters. The molecule has 0 saturated heterocycles. The van der Waals surface area contributed by atoms with Gasteiger partial charge < -0.3 is 10.2 Å². The summed E-state index contributed by atoms with van der Waals surface area (Å²) in [7, 11) is 0. The lowest BCUT2D eigenvalue weighted by Crippen LogP contribution is -2.47. The molecule has 0 radical (unpaired) electrons. The molecule has 1 amide bonds. The van der Waals surface area contributed by atoms with E-state index in [1.54, 1.807) is 18.3 Å². The molecule has 1 heterocycles. The van der Waals surface area contributed by atoms with Crippen LogP contribution in [-0.4, -0.2) is 48.9 Å². The lowest BCUT2D eigenvalue weighted by atomic mass is 10.0. The number of nitrogens with zero attached hydrogens (tertiary/aromatic N) is 3. The van der Waals surface area contributed by atoms with Gasteiger partial charge >= 0.3 is 17.8 Å². The Morgan fingerprint density at radius 2 is 1.79 bits per heavy atom. The van der Waals surface area contributed by atoms with Gasteiger partial charge in [-0.2, -0.15) is 0 Å². The Bertz CT molecular complexity index is 906. The van der Waals surface area contributed by atoms with Crippen molar-refractivity contribution in [1.82, 2.24) is 14.0 Å². The molecule has 0 aliphatic heterocycles. The Labute approximate surface area is 167 Å². The van der Waals surface area contributed by atoms with Crippen molar-refractivity contribution in [3.63, 3.8) is 0 Å². The van der Waals surface area contributed by atoms with Crippen molar-refractivity contribution in [2.24, 2.45) is 5.92 Å². The summed E-state index contributed by atoms with van der Waals surface area (Å²) < 4.78 is 16.1. The van der Waals surface area contributed by atoms with Crippen molar-refractivity contribution >= 4 is 12.1 Å². The fourth-order valence-electron chi connectivity index (χ4n) is 3.14. The van der Waals surface area contributed by atoms with E-state index in [0.717, 1.165) is 10.5 Å². The summed E-state index contributed by atoms with van der Waals surface area (Å²) >= 11 is 0. The second-order valence-electron chi connectivity index (χ2n) is 7.31. The number of hydrogen-bond donors (Lipinski definition) is 2. The Morgan fingerprint density at radius 3 is 2.34 bits per heavy atom. The number of aliphatic carboxylic acids is 1. The van der Waals surface area contributed by atoms with Gasteiger partial charge in [-0.1, -0.05) is 26.0 Å². The van der Waals surface area contributed by atoms with Crippen molar-refractivity contribution in [2.45, 2.75) is 45.8 Å². The molecule has 158 valence electrons. The quantitative estimate of drug-likeness (QED) is 0.630. The molecule has 2 N–H and O–H groups in total. The zero-order valence-electron chi connectivity index (χ0n) is 16.5. The minimum Gasteiger partial charge on any atom is -0.480 e. The average molecular weight is 407 g/mol. The summed E-state index contributed by atoms with van der Waals surface area (Å²) in [6.07, 6.45) is 2.43. The second kappa shape index (κ2) is 9.90. The minimum absolute atomic E-state index is 0.00424. The van der Waals surface area contributed by atoms with Crippen LogP contribution in [0.15, 0.2) is 41.5 Å². The number of amides is 1. The largest absolute Gasteiger partial charge is 0.480 e. The highest BCUT2D eigenvalue weighted by Crippen LogP contribution is 2.13. The number of halogens is 1. The van der Waals surface area contributed by atoms with E-state index in [1.165, 1.54) is 27.5 Å². The van der Waals surface area contributed by atoms with Crippen molar-refractivity contribution in [1.29, 1.82) is 0 Å². The van der Waals surface area contributed by atoms with Crippen LogP contribution < -0.4 is 5.69 Å². The molecule has 29 heavy (non-hydrogen) atoms. The minimum atomic E-state index is -1.34. The highest BCUT2D eigenvalue weighted by atomic mass is 19.1. The van der Waals surface area contributed by atoms with Crippen molar-refractivity contribution in [3.05, 3.63) is 58.5 Å². The molecule has 1 aromatic heterocycles. The first-order chi connectivity index (χ1) is 13.7. The van der Waals surface area contributed by atoms with E-state index in [2.05, 4.69) is 0 Å². The van der Waals surface area contributed by atoms with Crippen LogP contribution in [0.5, 0.6) is 0 Å². The Morgan fingerprint density at radius 1 is 1.14 bits per heavy atom. The fraction of sp³-hybridized carbons (Fsp3) is 0.450. The third-order valence-corrected chi connectivity index (χ3v) is 4.63. The molecule has 0 bridgehead atoms. The van der Waals surface area contributed by atoms with Crippen LogP contribution in [0.1, 0.15) is 25.8 Å². The molecule has 0 saturated carbocycles. The standard InChI is InChI=1S/C20H26FN3O5/c1-14(2)12-17(18(25)26)24(20(28)29)11-10-23-9-8-22(19(23)27)7-6-15-4-3-5-16(21)13-15/h3-5,8-9,13-14,17H,6-7,10-12H2,1-2H3,(H,25,26)(H,28,29). The zero-order valence-corrected chi connectivity index (χ0v) is 16.5. The molecule has 0 aliphatic carbocycles. The van der Waals surface area contributed by atoms with E-state index in [0.29, 0.717) is 13.0 Å².